The van der Waals surface area contributed by atoms with E-state index >= 15 is 0 Å². The number of hydrogen-bond donors (Lipinski definition) is 2. The fourth-order valence-corrected chi connectivity index (χ4v) is 2.30. The van der Waals surface area contributed by atoms with Gasteiger partial charge in [0.25, 0.3) is 5.91 Å². The zero-order valence-electron chi connectivity index (χ0n) is 11.6. The average molecular weight is 287 g/mol. The van der Waals surface area contributed by atoms with Crippen molar-refractivity contribution in [3.8, 4) is 0 Å². The van der Waals surface area contributed by atoms with Gasteiger partial charge in [-0.1, -0.05) is 0 Å². The normalized spacial score (nSPS) is 18.4. The highest BCUT2D eigenvalue weighted by molar-refractivity contribution is 5.91. The van der Waals surface area contributed by atoms with Crippen LogP contribution < -0.4 is 5.32 Å². The van der Waals surface area contributed by atoms with Gasteiger partial charge in [-0.15, -0.1) is 0 Å². The largest absolute Gasteiger partial charge is 0.381 e. The lowest BCUT2D eigenvalue weighted by molar-refractivity contribution is 0.0779. The van der Waals surface area contributed by atoms with Gasteiger partial charge in [0.2, 0.25) is 0 Å². The third-order valence-electron chi connectivity index (χ3n) is 3.43. The van der Waals surface area contributed by atoms with Gasteiger partial charge in [-0.2, -0.15) is 0 Å². The third-order valence-corrected chi connectivity index (χ3v) is 3.43. The van der Waals surface area contributed by atoms with Crippen LogP contribution in [0.15, 0.2) is 24.8 Å². The summed E-state index contributed by atoms with van der Waals surface area (Å²) in [7, 11) is 0. The van der Waals surface area contributed by atoms with Gasteiger partial charge < -0.3 is 15.0 Å². The Morgan fingerprint density at radius 3 is 3.24 bits per heavy atom. The molecule has 0 bridgehead atoms. The molecule has 0 saturated carbocycles. The van der Waals surface area contributed by atoms with Crippen LogP contribution in [0, 0.1) is 0 Å². The predicted octanol–water partition coefficient (Wildman–Crippen LogP) is 1.02. The molecule has 2 aromatic heterocycles. The second-order valence-corrected chi connectivity index (χ2v) is 4.97. The smallest absolute Gasteiger partial charge is 0.269 e. The number of rotatable bonds is 4. The number of nitrogens with one attached hydrogen (secondary N) is 2. The number of imidazole rings is 1. The molecule has 0 aliphatic carbocycles. The van der Waals surface area contributed by atoms with E-state index in [1.165, 1.54) is 12.5 Å². The Morgan fingerprint density at radius 2 is 2.48 bits per heavy atom. The lowest BCUT2D eigenvalue weighted by atomic mass is 10.0. The van der Waals surface area contributed by atoms with E-state index in [0.717, 1.165) is 31.0 Å². The van der Waals surface area contributed by atoms with Gasteiger partial charge in [-0.25, -0.2) is 15.0 Å². The standard InChI is InChI=1S/C14H17N5O2/c20-14(12-7-15-9-18-12)17-6-11-3-4-16-13(19-11)10-2-1-5-21-8-10/h3-4,7,9-10H,1-2,5-6,8H2,(H,15,18)(H,17,20)/t10-/m0/s1. The lowest BCUT2D eigenvalue weighted by Gasteiger charge is -2.20. The first-order chi connectivity index (χ1) is 10.3. The first-order valence-corrected chi connectivity index (χ1v) is 6.99. The summed E-state index contributed by atoms with van der Waals surface area (Å²) in [5, 5.41) is 2.80. The van der Waals surface area contributed by atoms with Gasteiger partial charge in [0.1, 0.15) is 11.5 Å². The molecule has 2 N–H and O–H groups in total. The van der Waals surface area contributed by atoms with Crippen LogP contribution in [0.2, 0.25) is 0 Å². The van der Waals surface area contributed by atoms with Gasteiger partial charge in [0, 0.05) is 18.7 Å². The van der Waals surface area contributed by atoms with E-state index in [1.807, 2.05) is 0 Å². The molecule has 1 aliphatic heterocycles. The molecule has 3 rings (SSSR count). The summed E-state index contributed by atoms with van der Waals surface area (Å²) >= 11 is 0. The molecular formula is C14H17N5O2. The molecule has 0 aromatic carbocycles. The summed E-state index contributed by atoms with van der Waals surface area (Å²) in [4.78, 5) is 27.2. The van der Waals surface area contributed by atoms with Crippen molar-refractivity contribution in [1.82, 2.24) is 25.3 Å². The highest BCUT2D eigenvalue weighted by atomic mass is 16.5. The van der Waals surface area contributed by atoms with Crippen molar-refractivity contribution >= 4 is 5.91 Å². The van der Waals surface area contributed by atoms with Gasteiger partial charge in [-0.05, 0) is 18.9 Å². The summed E-state index contributed by atoms with van der Waals surface area (Å²) < 4.78 is 5.46. The Bertz CT molecular complexity index is 593. The van der Waals surface area contributed by atoms with E-state index in [2.05, 4.69) is 25.3 Å². The van der Waals surface area contributed by atoms with Crippen LogP contribution in [-0.2, 0) is 11.3 Å². The minimum atomic E-state index is -0.200. The Kier molecular flexibility index (Phi) is 4.20. The zero-order chi connectivity index (χ0) is 14.5. The number of ether oxygens (including phenoxy) is 1. The first-order valence-electron chi connectivity index (χ1n) is 6.99. The van der Waals surface area contributed by atoms with E-state index in [0.29, 0.717) is 18.8 Å². The molecule has 21 heavy (non-hydrogen) atoms. The van der Waals surface area contributed by atoms with Crippen molar-refractivity contribution in [2.45, 2.75) is 25.3 Å². The molecule has 0 radical (unpaired) electrons. The van der Waals surface area contributed by atoms with E-state index in [9.17, 15) is 4.79 Å². The van der Waals surface area contributed by atoms with Crippen LogP contribution in [0.3, 0.4) is 0 Å². The van der Waals surface area contributed by atoms with Gasteiger partial charge in [-0.3, -0.25) is 4.79 Å². The number of aromatic nitrogens is 4. The fourth-order valence-electron chi connectivity index (χ4n) is 2.30. The first kappa shape index (κ1) is 13.7. The van der Waals surface area contributed by atoms with Crippen LogP contribution >= 0.6 is 0 Å². The van der Waals surface area contributed by atoms with Crippen molar-refractivity contribution in [2.24, 2.45) is 0 Å². The Morgan fingerprint density at radius 1 is 1.52 bits per heavy atom. The minimum Gasteiger partial charge on any atom is -0.381 e. The maximum atomic E-state index is 11.8. The predicted molar refractivity (Wildman–Crippen MR) is 74.6 cm³/mol. The molecule has 7 nitrogen and oxygen atoms in total. The Labute approximate surface area is 122 Å². The van der Waals surface area contributed by atoms with Crippen molar-refractivity contribution in [3.63, 3.8) is 0 Å². The highest BCUT2D eigenvalue weighted by Gasteiger charge is 2.19. The molecule has 110 valence electrons. The molecular weight excluding hydrogens is 270 g/mol. The van der Waals surface area contributed by atoms with Crippen LogP contribution in [-0.4, -0.2) is 39.1 Å². The maximum Gasteiger partial charge on any atom is 0.269 e. The van der Waals surface area contributed by atoms with Crippen LogP contribution in [0.5, 0.6) is 0 Å². The van der Waals surface area contributed by atoms with E-state index in [4.69, 9.17) is 4.74 Å². The number of carbonyl (C=O) groups is 1. The Balaban J connectivity index is 1.62. The van der Waals surface area contributed by atoms with E-state index < -0.39 is 0 Å². The lowest BCUT2D eigenvalue weighted by Crippen LogP contribution is -2.24. The second-order valence-electron chi connectivity index (χ2n) is 4.97. The molecule has 3 heterocycles. The van der Waals surface area contributed by atoms with Gasteiger partial charge >= 0.3 is 0 Å². The fraction of sp³-hybridized carbons (Fsp3) is 0.429. The van der Waals surface area contributed by atoms with Crippen molar-refractivity contribution in [2.75, 3.05) is 13.2 Å². The number of aromatic amines is 1. The number of H-pyrrole nitrogens is 1. The van der Waals surface area contributed by atoms with E-state index in [-0.39, 0.29) is 11.8 Å². The molecule has 0 unspecified atom stereocenters. The van der Waals surface area contributed by atoms with Gasteiger partial charge in [0.05, 0.1) is 31.4 Å². The third kappa shape index (κ3) is 3.43. The topological polar surface area (TPSA) is 92.8 Å². The minimum absolute atomic E-state index is 0.200. The molecule has 0 spiro atoms. The zero-order valence-corrected chi connectivity index (χ0v) is 11.6. The summed E-state index contributed by atoms with van der Waals surface area (Å²) in [6.45, 7) is 1.85. The monoisotopic (exact) mass is 287 g/mol. The molecule has 1 aliphatic rings. The summed E-state index contributed by atoms with van der Waals surface area (Å²) in [5.41, 5.74) is 1.23. The number of amides is 1. The summed E-state index contributed by atoms with van der Waals surface area (Å²) in [5.74, 6) is 0.846. The number of nitrogens with zero attached hydrogens (tertiary/aromatic N) is 3. The summed E-state index contributed by atoms with van der Waals surface area (Å²) in [6, 6.07) is 1.81. The molecule has 1 saturated heterocycles. The van der Waals surface area contributed by atoms with Crippen LogP contribution in [0.1, 0.15) is 40.8 Å². The van der Waals surface area contributed by atoms with Crippen molar-refractivity contribution in [3.05, 3.63) is 42.0 Å². The van der Waals surface area contributed by atoms with Crippen LogP contribution in [0.25, 0.3) is 0 Å². The summed E-state index contributed by atoms with van der Waals surface area (Å²) in [6.07, 6.45) is 6.77. The molecule has 1 fully saturated rings. The molecule has 2 aromatic rings. The van der Waals surface area contributed by atoms with E-state index in [1.54, 1.807) is 12.3 Å². The van der Waals surface area contributed by atoms with Crippen molar-refractivity contribution < 1.29 is 9.53 Å². The SMILES string of the molecule is O=C(NCc1ccnc([C@H]2CCCOC2)n1)c1cnc[nH]1. The number of hydrogen-bond acceptors (Lipinski definition) is 5. The quantitative estimate of drug-likeness (QED) is 0.876. The van der Waals surface area contributed by atoms with Crippen LogP contribution in [0.4, 0.5) is 0 Å². The van der Waals surface area contributed by atoms with Gasteiger partial charge in [0.15, 0.2) is 0 Å². The van der Waals surface area contributed by atoms with Crippen molar-refractivity contribution in [1.29, 1.82) is 0 Å². The average Bonchev–Trinajstić information content (AvgIpc) is 3.08. The highest BCUT2D eigenvalue weighted by Crippen LogP contribution is 2.22. The molecule has 1 amide bonds. The Hall–Kier alpha value is -2.28. The molecule has 1 atom stereocenters. The maximum absolute atomic E-state index is 11.8. The molecule has 7 heteroatoms. The number of carbonyl (C=O) groups excluding carboxylic acids is 1. The second kappa shape index (κ2) is 6.45.